The smallest absolute Gasteiger partial charge is 0.404 e. The summed E-state index contributed by atoms with van der Waals surface area (Å²) in [4.78, 5) is 11.3. The Morgan fingerprint density at radius 2 is 1.47 bits per heavy atom. The van der Waals surface area contributed by atoms with Crippen LogP contribution in [0.4, 0.5) is 4.79 Å². The minimum atomic E-state index is -2.02. The van der Waals surface area contributed by atoms with Gasteiger partial charge in [-0.2, -0.15) is 0 Å². The molecule has 0 spiro atoms. The first-order valence-electron chi connectivity index (χ1n) is 11.1. The third-order valence-electron chi connectivity index (χ3n) is 6.65. The summed E-state index contributed by atoms with van der Waals surface area (Å²) < 4.78 is 11.7. The summed E-state index contributed by atoms with van der Waals surface area (Å²) in [5.74, 6) is 0.876. The van der Waals surface area contributed by atoms with Crippen molar-refractivity contribution in [2.75, 3.05) is 6.61 Å². The van der Waals surface area contributed by atoms with Gasteiger partial charge in [-0.1, -0.05) is 84.0 Å². The van der Waals surface area contributed by atoms with Crippen molar-refractivity contribution in [3.8, 4) is 5.75 Å². The Bertz CT molecular complexity index is 943. The molecule has 0 aliphatic carbocycles. The lowest BCUT2D eigenvalue weighted by Crippen LogP contribution is -2.46. The van der Waals surface area contributed by atoms with Crippen LogP contribution in [0, 0.1) is 5.41 Å². The van der Waals surface area contributed by atoms with E-state index in [0.29, 0.717) is 6.42 Å². The molecule has 3 N–H and O–H groups in total. The van der Waals surface area contributed by atoms with Crippen molar-refractivity contribution < 1.29 is 19.1 Å². The second-order valence-corrected chi connectivity index (χ2v) is 15.7. The average molecular weight is 458 g/mol. The summed E-state index contributed by atoms with van der Waals surface area (Å²) in [6.45, 7) is 16.7. The molecular weight excluding hydrogens is 418 g/mol. The maximum Gasteiger partial charge on any atom is 0.404 e. The summed E-state index contributed by atoms with van der Waals surface area (Å²) in [5.41, 5.74) is 5.92. The molecule has 0 saturated carbocycles. The molecule has 0 aliphatic rings. The predicted octanol–water partition coefficient (Wildman–Crippen LogP) is 5.99. The average Bonchev–Trinajstić information content (AvgIpc) is 2.66. The van der Waals surface area contributed by atoms with Crippen molar-refractivity contribution in [2.45, 2.75) is 71.7 Å². The maximum absolute atomic E-state index is 11.7. The molecule has 2 rings (SSSR count). The number of hydrogen-bond acceptors (Lipinski definition) is 4. The predicted molar refractivity (Wildman–Crippen MR) is 132 cm³/mol. The van der Waals surface area contributed by atoms with Gasteiger partial charge >= 0.3 is 6.09 Å². The minimum absolute atomic E-state index is 0.0800. The molecule has 32 heavy (non-hydrogen) atoms. The van der Waals surface area contributed by atoms with Gasteiger partial charge in [0.25, 0.3) is 0 Å². The fourth-order valence-electron chi connectivity index (χ4n) is 3.33. The number of nitrogens with two attached hydrogens (primary N) is 1. The number of carbonyl (C=O) groups excluding carboxylic acids is 1. The summed E-state index contributed by atoms with van der Waals surface area (Å²) in [6, 6.07) is 15.8. The van der Waals surface area contributed by atoms with Gasteiger partial charge in [-0.05, 0) is 46.3 Å². The molecule has 0 radical (unpaired) electrons. The highest BCUT2D eigenvalue weighted by molar-refractivity contribution is 6.74. The Kier molecular flexibility index (Phi) is 7.52. The van der Waals surface area contributed by atoms with Gasteiger partial charge in [-0.15, -0.1) is 0 Å². The van der Waals surface area contributed by atoms with Gasteiger partial charge in [0.05, 0.1) is 0 Å². The molecule has 1 unspecified atom stereocenters. The largest absolute Gasteiger partial charge is 0.543 e. The van der Waals surface area contributed by atoms with Crippen molar-refractivity contribution in [3.63, 3.8) is 0 Å². The van der Waals surface area contributed by atoms with E-state index in [0.717, 1.165) is 22.4 Å². The van der Waals surface area contributed by atoms with Crippen molar-refractivity contribution in [1.29, 1.82) is 0 Å². The molecule has 6 heteroatoms. The molecule has 0 heterocycles. The van der Waals surface area contributed by atoms with Crippen LogP contribution in [0.5, 0.6) is 5.75 Å². The summed E-state index contributed by atoms with van der Waals surface area (Å²) >= 11 is 0. The number of rotatable bonds is 7. The standard InChI is InChI=1S/C26H39NO4Si/c1-24(2,3)26(29,18-30-23(27)28)21-15-11-9-13-19(21)17-20-14-10-12-16-22(20)31-32(7,8)25(4,5)6/h9-16,29H,17-18H2,1-8H3,(H2,27,28). The number of para-hydroxylation sites is 1. The van der Waals surface area contributed by atoms with Gasteiger partial charge < -0.3 is 20.0 Å². The van der Waals surface area contributed by atoms with Gasteiger partial charge in [0, 0.05) is 6.42 Å². The Morgan fingerprint density at radius 3 is 2.00 bits per heavy atom. The second kappa shape index (κ2) is 9.28. The Morgan fingerprint density at radius 1 is 0.938 bits per heavy atom. The van der Waals surface area contributed by atoms with Crippen molar-refractivity contribution in [1.82, 2.24) is 0 Å². The second-order valence-electron chi connectivity index (χ2n) is 11.0. The normalized spacial score (nSPS) is 14.5. The highest BCUT2D eigenvalue weighted by Crippen LogP contribution is 2.43. The van der Waals surface area contributed by atoms with Crippen LogP contribution >= 0.6 is 0 Å². The molecule has 5 nitrogen and oxygen atoms in total. The molecule has 0 saturated heterocycles. The van der Waals surface area contributed by atoms with Crippen LogP contribution in [0.2, 0.25) is 18.1 Å². The molecule has 0 fully saturated rings. The van der Waals surface area contributed by atoms with E-state index >= 15 is 0 Å². The zero-order valence-corrected chi connectivity index (χ0v) is 21.8. The van der Waals surface area contributed by atoms with Gasteiger partial charge in [-0.3, -0.25) is 0 Å². The lowest BCUT2D eigenvalue weighted by atomic mass is 9.71. The van der Waals surface area contributed by atoms with Crippen molar-refractivity contribution in [3.05, 3.63) is 65.2 Å². The first kappa shape index (κ1) is 25.9. The van der Waals surface area contributed by atoms with E-state index in [1.807, 2.05) is 63.2 Å². The van der Waals surface area contributed by atoms with E-state index in [9.17, 15) is 9.90 Å². The summed E-state index contributed by atoms with van der Waals surface area (Å²) in [7, 11) is -2.02. The number of primary amides is 1. The molecular formula is C26H39NO4Si. The van der Waals surface area contributed by atoms with E-state index in [1.165, 1.54) is 0 Å². The molecule has 176 valence electrons. The third kappa shape index (κ3) is 5.73. The van der Waals surface area contributed by atoms with Crippen LogP contribution in [0.25, 0.3) is 0 Å². The molecule has 1 amide bonds. The van der Waals surface area contributed by atoms with E-state index in [-0.39, 0.29) is 11.6 Å². The molecule has 1 atom stereocenters. The monoisotopic (exact) mass is 457 g/mol. The Labute approximate surface area is 194 Å². The zero-order valence-electron chi connectivity index (χ0n) is 20.8. The number of ether oxygens (including phenoxy) is 1. The fraction of sp³-hybridized carbons (Fsp3) is 0.500. The van der Waals surface area contributed by atoms with Crippen molar-refractivity contribution in [2.24, 2.45) is 11.1 Å². The number of hydrogen-bond donors (Lipinski definition) is 2. The van der Waals surface area contributed by atoms with Crippen LogP contribution in [-0.2, 0) is 16.8 Å². The van der Waals surface area contributed by atoms with Crippen LogP contribution < -0.4 is 10.2 Å². The van der Waals surface area contributed by atoms with E-state index in [2.05, 4.69) is 39.9 Å². The molecule has 0 aromatic heterocycles. The minimum Gasteiger partial charge on any atom is -0.543 e. The van der Waals surface area contributed by atoms with Crippen LogP contribution in [0.3, 0.4) is 0 Å². The van der Waals surface area contributed by atoms with Crippen LogP contribution in [-0.4, -0.2) is 26.1 Å². The highest BCUT2D eigenvalue weighted by Gasteiger charge is 2.44. The first-order chi connectivity index (χ1) is 14.6. The molecule has 0 bridgehead atoms. The number of benzene rings is 2. The maximum atomic E-state index is 11.7. The number of carbonyl (C=O) groups is 1. The Balaban J connectivity index is 2.50. The fourth-order valence-corrected chi connectivity index (χ4v) is 4.39. The summed E-state index contributed by atoms with van der Waals surface area (Å²) in [5, 5.41) is 11.8. The van der Waals surface area contributed by atoms with Gasteiger partial charge in [-0.25, -0.2) is 4.79 Å². The third-order valence-corrected chi connectivity index (χ3v) is 11.0. The van der Waals surface area contributed by atoms with Crippen LogP contribution in [0.1, 0.15) is 58.2 Å². The number of aliphatic hydroxyl groups is 1. The lowest BCUT2D eigenvalue weighted by molar-refractivity contribution is -0.103. The van der Waals surface area contributed by atoms with E-state index in [4.69, 9.17) is 14.9 Å². The summed E-state index contributed by atoms with van der Waals surface area (Å²) in [6.07, 6.45) is -0.325. The van der Waals surface area contributed by atoms with Crippen molar-refractivity contribution >= 4 is 14.4 Å². The topological polar surface area (TPSA) is 81.8 Å². The zero-order chi connectivity index (χ0) is 24.4. The van der Waals surface area contributed by atoms with E-state index in [1.54, 1.807) is 0 Å². The SMILES string of the molecule is CC(C)(C)C(O)(COC(N)=O)c1ccccc1Cc1ccccc1O[Si](C)(C)C(C)(C)C. The molecule has 2 aromatic rings. The molecule has 0 aliphatic heterocycles. The van der Waals surface area contributed by atoms with E-state index < -0.39 is 25.4 Å². The van der Waals surface area contributed by atoms with Gasteiger partial charge in [0.2, 0.25) is 8.32 Å². The number of amides is 1. The Hall–Kier alpha value is -2.31. The lowest BCUT2D eigenvalue weighted by Gasteiger charge is -2.41. The van der Waals surface area contributed by atoms with Gasteiger partial charge in [0.15, 0.2) is 0 Å². The molecule has 2 aromatic carbocycles. The van der Waals surface area contributed by atoms with Crippen LogP contribution in [0.15, 0.2) is 48.5 Å². The quantitative estimate of drug-likeness (QED) is 0.500. The first-order valence-corrected chi connectivity index (χ1v) is 14.0. The highest BCUT2D eigenvalue weighted by atomic mass is 28.4. The van der Waals surface area contributed by atoms with Gasteiger partial charge in [0.1, 0.15) is 18.0 Å².